The van der Waals surface area contributed by atoms with Crippen LogP contribution in [0.2, 0.25) is 0 Å². The first-order chi connectivity index (χ1) is 16.5. The Balaban J connectivity index is 0.00000432. The minimum atomic E-state index is -1.63. The summed E-state index contributed by atoms with van der Waals surface area (Å²) < 4.78 is 1.64. The van der Waals surface area contributed by atoms with E-state index in [4.69, 9.17) is 10.7 Å². The van der Waals surface area contributed by atoms with Gasteiger partial charge in [-0.25, -0.2) is 9.67 Å². The molecule has 1 atom stereocenters. The third-order valence-electron chi connectivity index (χ3n) is 5.72. The first kappa shape index (κ1) is 28.5. The maximum Gasteiger partial charge on any atom is 0.475 e. The Labute approximate surface area is 213 Å². The van der Waals surface area contributed by atoms with Gasteiger partial charge in [-0.15, -0.1) is 12.4 Å². The van der Waals surface area contributed by atoms with Gasteiger partial charge in [0.1, 0.15) is 12.4 Å². The van der Waals surface area contributed by atoms with Crippen molar-refractivity contribution in [2.24, 2.45) is 5.73 Å². The van der Waals surface area contributed by atoms with E-state index in [1.165, 1.54) is 11.1 Å². The van der Waals surface area contributed by atoms with Crippen molar-refractivity contribution in [3.8, 4) is 0 Å². The third-order valence-corrected chi connectivity index (χ3v) is 5.72. The number of halogens is 1. The standard InChI is InChI=1S/C25H34BN5O3.ClH/c27-18-8-7-13-22(26(33)34)28-25(32)19-31-24(17-15-21-11-5-2-6-12-21)29-23(30-31)16-14-20-9-3-1-4-10-20;/h1-6,9-12,22,33-34H,7-8,13-19,27H2,(H,28,32);1H/t22-;/m0./s1. The molecule has 35 heavy (non-hydrogen) atoms. The molecule has 188 valence electrons. The molecule has 0 radical (unpaired) electrons. The molecule has 0 bridgehead atoms. The summed E-state index contributed by atoms with van der Waals surface area (Å²) >= 11 is 0. The van der Waals surface area contributed by atoms with E-state index in [9.17, 15) is 14.8 Å². The molecule has 1 heterocycles. The average Bonchev–Trinajstić information content (AvgIpc) is 3.23. The van der Waals surface area contributed by atoms with Crippen LogP contribution in [0.4, 0.5) is 0 Å². The number of nitrogens with one attached hydrogen (secondary N) is 1. The normalized spacial score (nSPS) is 11.5. The van der Waals surface area contributed by atoms with Gasteiger partial charge in [0, 0.05) is 12.8 Å². The van der Waals surface area contributed by atoms with E-state index in [0.29, 0.717) is 38.1 Å². The molecule has 0 aliphatic heterocycles. The highest BCUT2D eigenvalue weighted by Crippen LogP contribution is 2.10. The SMILES string of the molecule is Cl.NCCCC[C@H](NC(=O)Cn1nc(CCc2ccccc2)nc1CCc1ccccc1)B(O)O. The quantitative estimate of drug-likeness (QED) is 0.198. The molecule has 0 aliphatic carbocycles. The second-order valence-electron chi connectivity index (χ2n) is 8.45. The summed E-state index contributed by atoms with van der Waals surface area (Å²) in [4.78, 5) is 17.5. The molecule has 5 N–H and O–H groups in total. The van der Waals surface area contributed by atoms with Gasteiger partial charge in [0.15, 0.2) is 5.82 Å². The van der Waals surface area contributed by atoms with E-state index >= 15 is 0 Å². The van der Waals surface area contributed by atoms with Gasteiger partial charge in [-0.05, 0) is 43.4 Å². The average molecular weight is 500 g/mol. The Morgan fingerprint density at radius 2 is 1.54 bits per heavy atom. The van der Waals surface area contributed by atoms with Gasteiger partial charge in [-0.2, -0.15) is 5.10 Å². The predicted octanol–water partition coefficient (Wildman–Crippen LogP) is 1.90. The molecule has 10 heteroatoms. The van der Waals surface area contributed by atoms with Crippen LogP contribution in [0.25, 0.3) is 0 Å². The lowest BCUT2D eigenvalue weighted by Gasteiger charge is -2.18. The number of hydrogen-bond acceptors (Lipinski definition) is 6. The number of nitrogens with zero attached hydrogens (tertiary/aromatic N) is 3. The van der Waals surface area contributed by atoms with Crippen LogP contribution in [-0.4, -0.2) is 50.3 Å². The van der Waals surface area contributed by atoms with Crippen molar-refractivity contribution in [3.05, 3.63) is 83.4 Å². The highest BCUT2D eigenvalue weighted by molar-refractivity contribution is 6.43. The van der Waals surface area contributed by atoms with Crippen molar-refractivity contribution >= 4 is 25.4 Å². The number of aromatic nitrogens is 3. The second-order valence-corrected chi connectivity index (χ2v) is 8.45. The van der Waals surface area contributed by atoms with Gasteiger partial charge in [0.2, 0.25) is 5.91 Å². The summed E-state index contributed by atoms with van der Waals surface area (Å²) in [5.74, 6) is 0.368. The molecule has 0 unspecified atom stereocenters. The minimum Gasteiger partial charge on any atom is -0.426 e. The Morgan fingerprint density at radius 1 is 0.943 bits per heavy atom. The fraction of sp³-hybridized carbons (Fsp3) is 0.400. The molecule has 8 nitrogen and oxygen atoms in total. The van der Waals surface area contributed by atoms with Crippen LogP contribution >= 0.6 is 12.4 Å². The lowest BCUT2D eigenvalue weighted by molar-refractivity contribution is -0.122. The summed E-state index contributed by atoms with van der Waals surface area (Å²) in [7, 11) is -1.63. The van der Waals surface area contributed by atoms with Crippen LogP contribution < -0.4 is 11.1 Å². The fourth-order valence-electron chi connectivity index (χ4n) is 3.84. The molecular weight excluding hydrogens is 465 g/mol. The van der Waals surface area contributed by atoms with E-state index in [-0.39, 0.29) is 24.9 Å². The molecule has 1 amide bonds. The highest BCUT2D eigenvalue weighted by atomic mass is 35.5. The molecule has 0 spiro atoms. The van der Waals surface area contributed by atoms with Gasteiger partial charge < -0.3 is 21.1 Å². The van der Waals surface area contributed by atoms with E-state index in [1.807, 2.05) is 36.4 Å². The smallest absolute Gasteiger partial charge is 0.426 e. The van der Waals surface area contributed by atoms with Crippen LogP contribution in [0.5, 0.6) is 0 Å². The zero-order chi connectivity index (χ0) is 24.2. The number of carbonyl (C=O) groups excluding carboxylic acids is 1. The molecule has 0 aliphatic rings. The number of benzene rings is 2. The van der Waals surface area contributed by atoms with E-state index in [2.05, 4.69) is 34.7 Å². The van der Waals surface area contributed by atoms with E-state index in [0.717, 1.165) is 25.1 Å². The molecule has 1 aromatic heterocycles. The number of hydrogen-bond donors (Lipinski definition) is 4. The van der Waals surface area contributed by atoms with E-state index < -0.39 is 13.1 Å². The lowest BCUT2D eigenvalue weighted by atomic mass is 9.76. The first-order valence-electron chi connectivity index (χ1n) is 11.9. The Bertz CT molecular complexity index is 1000. The molecule has 3 rings (SSSR count). The number of unbranched alkanes of at least 4 members (excludes halogenated alkanes) is 1. The lowest BCUT2D eigenvalue weighted by Crippen LogP contribution is -2.47. The monoisotopic (exact) mass is 499 g/mol. The number of aryl methyl sites for hydroxylation is 4. The van der Waals surface area contributed by atoms with Crippen molar-refractivity contribution in [3.63, 3.8) is 0 Å². The third kappa shape index (κ3) is 9.81. The van der Waals surface area contributed by atoms with Crippen molar-refractivity contribution in [2.45, 2.75) is 57.4 Å². The number of nitrogens with two attached hydrogens (primary N) is 1. The zero-order valence-electron chi connectivity index (χ0n) is 19.9. The largest absolute Gasteiger partial charge is 0.475 e. The topological polar surface area (TPSA) is 126 Å². The number of amides is 1. The molecule has 0 saturated carbocycles. The summed E-state index contributed by atoms with van der Waals surface area (Å²) in [6.07, 6.45) is 4.84. The molecular formula is C25H35BClN5O3. The number of carbonyl (C=O) groups is 1. The zero-order valence-corrected chi connectivity index (χ0v) is 20.7. The van der Waals surface area contributed by atoms with Crippen LogP contribution in [0.15, 0.2) is 60.7 Å². The highest BCUT2D eigenvalue weighted by Gasteiger charge is 2.25. The van der Waals surface area contributed by atoms with Gasteiger partial charge in [-0.3, -0.25) is 4.79 Å². The summed E-state index contributed by atoms with van der Waals surface area (Å²) in [6.45, 7) is 0.500. The van der Waals surface area contributed by atoms with Gasteiger partial charge in [0.05, 0.1) is 5.94 Å². The van der Waals surface area contributed by atoms with Crippen LogP contribution in [-0.2, 0) is 37.0 Å². The Hall–Kier alpha value is -2.72. The summed E-state index contributed by atoms with van der Waals surface area (Å²) in [5, 5.41) is 26.6. The second kappa shape index (κ2) is 15.3. The van der Waals surface area contributed by atoms with Crippen molar-refractivity contribution in [1.82, 2.24) is 20.1 Å². The summed E-state index contributed by atoms with van der Waals surface area (Å²) in [6, 6.07) is 20.3. The van der Waals surface area contributed by atoms with Crippen molar-refractivity contribution in [1.29, 1.82) is 0 Å². The van der Waals surface area contributed by atoms with Crippen LogP contribution in [0.3, 0.4) is 0 Å². The molecule has 3 aromatic rings. The number of rotatable bonds is 14. The maximum atomic E-state index is 12.7. The van der Waals surface area contributed by atoms with Crippen LogP contribution in [0, 0.1) is 0 Å². The first-order valence-corrected chi connectivity index (χ1v) is 11.9. The minimum absolute atomic E-state index is 0. The molecule has 0 saturated heterocycles. The maximum absolute atomic E-state index is 12.7. The van der Waals surface area contributed by atoms with Gasteiger partial charge in [-0.1, -0.05) is 67.1 Å². The van der Waals surface area contributed by atoms with E-state index in [1.54, 1.807) is 4.68 Å². The van der Waals surface area contributed by atoms with Crippen LogP contribution in [0.1, 0.15) is 42.0 Å². The van der Waals surface area contributed by atoms with Gasteiger partial charge in [0.25, 0.3) is 0 Å². The Morgan fingerprint density at radius 3 is 2.11 bits per heavy atom. The fourth-order valence-corrected chi connectivity index (χ4v) is 3.84. The molecule has 0 fully saturated rings. The van der Waals surface area contributed by atoms with Crippen molar-refractivity contribution in [2.75, 3.05) is 6.54 Å². The summed E-state index contributed by atoms with van der Waals surface area (Å²) in [5.41, 5.74) is 7.91. The molecule has 2 aromatic carbocycles. The van der Waals surface area contributed by atoms with Gasteiger partial charge >= 0.3 is 7.12 Å². The van der Waals surface area contributed by atoms with Crippen molar-refractivity contribution < 1.29 is 14.8 Å². The predicted molar refractivity (Wildman–Crippen MR) is 140 cm³/mol. The Kier molecular flexibility index (Phi) is 12.5.